The molecule has 0 bridgehead atoms. The van der Waals surface area contributed by atoms with Gasteiger partial charge in [-0.3, -0.25) is 10.1 Å². The number of nitrogens with one attached hydrogen (secondary N) is 2. The lowest BCUT2D eigenvalue weighted by molar-refractivity contribution is -0.384. The van der Waals surface area contributed by atoms with E-state index in [1.54, 1.807) is 0 Å². The fourth-order valence-electron chi connectivity index (χ4n) is 1.72. The number of nitro groups is 1. The number of rotatable bonds is 8. The van der Waals surface area contributed by atoms with Crippen LogP contribution in [0.4, 0.5) is 17.1 Å². The van der Waals surface area contributed by atoms with Crippen LogP contribution in [-0.2, 0) is 0 Å². The minimum absolute atomic E-state index is 0.0554. The Morgan fingerprint density at radius 3 is 2.63 bits per heavy atom. The van der Waals surface area contributed by atoms with Crippen LogP contribution in [0.1, 0.15) is 26.7 Å². The quantitative estimate of drug-likeness (QED) is 0.498. The molecule has 1 aromatic carbocycles. The average Bonchev–Trinajstić information content (AvgIpc) is 2.36. The van der Waals surface area contributed by atoms with Crippen molar-refractivity contribution in [3.05, 3.63) is 28.3 Å². The van der Waals surface area contributed by atoms with Crippen molar-refractivity contribution < 1.29 is 10.0 Å². The first-order valence-electron chi connectivity index (χ1n) is 6.47. The van der Waals surface area contributed by atoms with E-state index in [0.717, 1.165) is 18.7 Å². The van der Waals surface area contributed by atoms with Crippen LogP contribution in [0.5, 0.6) is 0 Å². The highest BCUT2D eigenvalue weighted by atomic mass is 16.6. The fourth-order valence-corrected chi connectivity index (χ4v) is 1.72. The molecule has 106 valence electrons. The summed E-state index contributed by atoms with van der Waals surface area (Å²) >= 11 is 0. The number of aliphatic hydroxyl groups excluding tert-OH is 1. The third kappa shape index (κ3) is 5.13. The molecular formula is C13H21N3O3. The second kappa shape index (κ2) is 7.58. The zero-order valence-corrected chi connectivity index (χ0v) is 11.3. The number of hydrogen-bond acceptors (Lipinski definition) is 5. The van der Waals surface area contributed by atoms with Gasteiger partial charge in [0.05, 0.1) is 4.92 Å². The lowest BCUT2D eigenvalue weighted by Gasteiger charge is -2.15. The van der Waals surface area contributed by atoms with E-state index in [4.69, 9.17) is 5.11 Å². The second-order valence-corrected chi connectivity index (χ2v) is 4.51. The van der Waals surface area contributed by atoms with Gasteiger partial charge in [0.2, 0.25) is 0 Å². The summed E-state index contributed by atoms with van der Waals surface area (Å²) in [5.41, 5.74) is 1.48. The zero-order chi connectivity index (χ0) is 14.3. The molecule has 0 aliphatic rings. The molecule has 0 amide bonds. The molecular weight excluding hydrogens is 246 g/mol. The first-order valence-corrected chi connectivity index (χ1v) is 6.47. The molecule has 0 aromatic heterocycles. The molecule has 0 saturated carbocycles. The van der Waals surface area contributed by atoms with Gasteiger partial charge in [0.15, 0.2) is 0 Å². The second-order valence-electron chi connectivity index (χ2n) is 4.51. The first-order chi connectivity index (χ1) is 9.06. The van der Waals surface area contributed by atoms with Gasteiger partial charge in [-0.2, -0.15) is 0 Å². The highest BCUT2D eigenvalue weighted by Crippen LogP contribution is 2.25. The van der Waals surface area contributed by atoms with Crippen molar-refractivity contribution in [1.29, 1.82) is 0 Å². The van der Waals surface area contributed by atoms with E-state index < -0.39 is 4.92 Å². The van der Waals surface area contributed by atoms with E-state index in [1.165, 1.54) is 12.1 Å². The molecule has 3 N–H and O–H groups in total. The Kier molecular flexibility index (Phi) is 6.08. The van der Waals surface area contributed by atoms with Gasteiger partial charge in [-0.25, -0.2) is 0 Å². The van der Waals surface area contributed by atoms with Gasteiger partial charge in [-0.15, -0.1) is 0 Å². The zero-order valence-electron chi connectivity index (χ0n) is 11.3. The number of non-ortho nitro benzene ring substituents is 1. The molecule has 0 aliphatic carbocycles. The maximum atomic E-state index is 10.9. The molecule has 6 nitrogen and oxygen atoms in total. The smallest absolute Gasteiger partial charge is 0.273 e. The minimum atomic E-state index is -0.404. The predicted octanol–water partition coefficient (Wildman–Crippen LogP) is 2.60. The molecule has 0 fully saturated rings. The Hall–Kier alpha value is -1.82. The number of aliphatic hydroxyl groups is 1. The Morgan fingerprint density at radius 2 is 2.05 bits per heavy atom. The van der Waals surface area contributed by atoms with Crippen molar-refractivity contribution >= 4 is 17.1 Å². The maximum Gasteiger partial charge on any atom is 0.273 e. The summed E-state index contributed by atoms with van der Waals surface area (Å²) in [5, 5.41) is 26.1. The van der Waals surface area contributed by atoms with Crippen LogP contribution < -0.4 is 10.6 Å². The molecule has 0 spiro atoms. The van der Waals surface area contributed by atoms with Gasteiger partial charge in [-0.05, 0) is 25.8 Å². The monoisotopic (exact) mass is 267 g/mol. The molecule has 19 heavy (non-hydrogen) atoms. The van der Waals surface area contributed by atoms with Crippen molar-refractivity contribution in [3.63, 3.8) is 0 Å². The van der Waals surface area contributed by atoms with E-state index >= 15 is 0 Å². The molecule has 0 aliphatic heterocycles. The Morgan fingerprint density at radius 1 is 1.37 bits per heavy atom. The Labute approximate surface area is 113 Å². The summed E-state index contributed by atoms with van der Waals surface area (Å²) in [7, 11) is 0. The van der Waals surface area contributed by atoms with Gasteiger partial charge in [0.1, 0.15) is 0 Å². The summed E-state index contributed by atoms with van der Waals surface area (Å²) in [5.74, 6) is 0. The minimum Gasteiger partial charge on any atom is -0.396 e. The largest absolute Gasteiger partial charge is 0.396 e. The number of nitrogens with zero attached hydrogens (tertiary/aromatic N) is 1. The van der Waals surface area contributed by atoms with Gasteiger partial charge in [-0.1, -0.05) is 6.92 Å². The molecule has 0 heterocycles. The van der Waals surface area contributed by atoms with E-state index in [2.05, 4.69) is 10.6 Å². The predicted molar refractivity (Wildman–Crippen MR) is 76.7 cm³/mol. The highest BCUT2D eigenvalue weighted by molar-refractivity contribution is 5.63. The van der Waals surface area contributed by atoms with E-state index in [-0.39, 0.29) is 18.3 Å². The number of hydrogen-bond donors (Lipinski definition) is 3. The summed E-state index contributed by atoms with van der Waals surface area (Å²) in [4.78, 5) is 10.5. The van der Waals surface area contributed by atoms with Crippen LogP contribution >= 0.6 is 0 Å². The summed E-state index contributed by atoms with van der Waals surface area (Å²) in [6, 6.07) is 4.94. The Bertz CT molecular complexity index is 424. The van der Waals surface area contributed by atoms with Gasteiger partial charge in [0, 0.05) is 42.7 Å². The maximum absolute atomic E-state index is 10.9. The topological polar surface area (TPSA) is 87.4 Å². The van der Waals surface area contributed by atoms with Crippen molar-refractivity contribution in [2.75, 3.05) is 23.8 Å². The van der Waals surface area contributed by atoms with E-state index in [0.29, 0.717) is 12.1 Å². The van der Waals surface area contributed by atoms with Crippen molar-refractivity contribution in [3.8, 4) is 0 Å². The number of benzene rings is 1. The van der Waals surface area contributed by atoms with E-state index in [1.807, 2.05) is 19.9 Å². The fraction of sp³-hybridized carbons (Fsp3) is 0.538. The molecule has 1 aromatic rings. The molecule has 6 heteroatoms. The molecule has 1 rings (SSSR count). The van der Waals surface area contributed by atoms with Gasteiger partial charge >= 0.3 is 0 Å². The molecule has 0 radical (unpaired) electrons. The van der Waals surface area contributed by atoms with Crippen molar-refractivity contribution in [2.24, 2.45) is 0 Å². The first kappa shape index (κ1) is 15.2. The third-order valence-corrected chi connectivity index (χ3v) is 2.68. The normalized spacial score (nSPS) is 11.9. The van der Waals surface area contributed by atoms with E-state index in [9.17, 15) is 10.1 Å². The van der Waals surface area contributed by atoms with Crippen LogP contribution in [0.2, 0.25) is 0 Å². The lowest BCUT2D eigenvalue weighted by atomic mass is 10.2. The standard InChI is InChI=1S/C13H21N3O3/c1-3-5-14-11-7-12(15-10(2)4-6-17)9-13(8-11)16(18)19/h7-10,14-15,17H,3-6H2,1-2H3. The van der Waals surface area contributed by atoms with Crippen LogP contribution in [-0.4, -0.2) is 29.2 Å². The number of anilines is 2. The molecule has 1 atom stereocenters. The number of nitro benzene ring substituents is 1. The average molecular weight is 267 g/mol. The van der Waals surface area contributed by atoms with Crippen LogP contribution in [0.15, 0.2) is 18.2 Å². The van der Waals surface area contributed by atoms with Crippen molar-refractivity contribution in [1.82, 2.24) is 0 Å². The van der Waals surface area contributed by atoms with Crippen LogP contribution in [0, 0.1) is 10.1 Å². The lowest BCUT2D eigenvalue weighted by Crippen LogP contribution is -2.16. The summed E-state index contributed by atoms with van der Waals surface area (Å²) < 4.78 is 0. The SMILES string of the molecule is CCCNc1cc(NC(C)CCO)cc([N+](=O)[O-])c1. The highest BCUT2D eigenvalue weighted by Gasteiger charge is 2.11. The van der Waals surface area contributed by atoms with Crippen molar-refractivity contribution in [2.45, 2.75) is 32.7 Å². The van der Waals surface area contributed by atoms with Crippen LogP contribution in [0.25, 0.3) is 0 Å². The third-order valence-electron chi connectivity index (χ3n) is 2.68. The summed E-state index contributed by atoms with van der Waals surface area (Å²) in [6.45, 7) is 4.82. The molecule has 1 unspecified atom stereocenters. The molecule has 0 saturated heterocycles. The van der Waals surface area contributed by atoms with Gasteiger partial charge < -0.3 is 15.7 Å². The Balaban J connectivity index is 2.89. The van der Waals surface area contributed by atoms with Gasteiger partial charge in [0.25, 0.3) is 5.69 Å². The van der Waals surface area contributed by atoms with Crippen LogP contribution in [0.3, 0.4) is 0 Å². The summed E-state index contributed by atoms with van der Waals surface area (Å²) in [6.07, 6.45) is 1.55.